The highest BCUT2D eigenvalue weighted by atomic mass is 15.1. The Bertz CT molecular complexity index is 563. The number of fused-ring (bicyclic) bond motifs is 1. The Morgan fingerprint density at radius 1 is 1.15 bits per heavy atom. The molecule has 0 spiro atoms. The van der Waals surface area contributed by atoms with E-state index < -0.39 is 0 Å². The van der Waals surface area contributed by atoms with E-state index in [0.29, 0.717) is 0 Å². The molecule has 20 heavy (non-hydrogen) atoms. The predicted octanol–water partition coefficient (Wildman–Crippen LogP) is 2.31. The largest absolute Gasteiger partial charge is 0.311 e. The van der Waals surface area contributed by atoms with Gasteiger partial charge in [0.2, 0.25) is 0 Å². The lowest BCUT2D eigenvalue weighted by Crippen LogP contribution is -2.37. The first-order chi connectivity index (χ1) is 9.46. The summed E-state index contributed by atoms with van der Waals surface area (Å²) in [5.41, 5.74) is 3.14. The summed E-state index contributed by atoms with van der Waals surface area (Å²) in [5, 5.41) is 3.48. The summed E-state index contributed by atoms with van der Waals surface area (Å²) in [6.07, 6.45) is 1.86. The van der Waals surface area contributed by atoms with Gasteiger partial charge in [0.05, 0.1) is 22.9 Å². The van der Waals surface area contributed by atoms with Crippen LogP contribution in [0.4, 0.5) is 0 Å². The SMILES string of the molecule is CN(C)CC(C)(C)CNCc1cnc2ccccc2n1. The average Bonchev–Trinajstić information content (AvgIpc) is 2.37. The molecule has 0 radical (unpaired) electrons. The monoisotopic (exact) mass is 272 g/mol. The molecular formula is C16H24N4. The van der Waals surface area contributed by atoms with Gasteiger partial charge < -0.3 is 10.2 Å². The lowest BCUT2D eigenvalue weighted by Gasteiger charge is -2.28. The molecule has 1 aromatic heterocycles. The molecule has 1 heterocycles. The predicted molar refractivity (Wildman–Crippen MR) is 83.6 cm³/mol. The van der Waals surface area contributed by atoms with Gasteiger partial charge in [-0.3, -0.25) is 4.98 Å². The van der Waals surface area contributed by atoms with E-state index in [9.17, 15) is 0 Å². The van der Waals surface area contributed by atoms with Crippen molar-refractivity contribution in [1.29, 1.82) is 0 Å². The third kappa shape index (κ3) is 4.25. The quantitative estimate of drug-likeness (QED) is 0.876. The molecule has 0 amide bonds. The molecule has 0 saturated heterocycles. The summed E-state index contributed by atoms with van der Waals surface area (Å²) >= 11 is 0. The van der Waals surface area contributed by atoms with Crippen LogP contribution in [0.15, 0.2) is 30.5 Å². The molecule has 0 aliphatic carbocycles. The highest BCUT2D eigenvalue weighted by molar-refractivity contribution is 5.73. The summed E-state index contributed by atoms with van der Waals surface area (Å²) in [5.74, 6) is 0. The molecule has 0 fully saturated rings. The molecule has 0 atom stereocenters. The van der Waals surface area contributed by atoms with Gasteiger partial charge in [-0.2, -0.15) is 0 Å². The van der Waals surface area contributed by atoms with E-state index >= 15 is 0 Å². The van der Waals surface area contributed by atoms with E-state index in [2.05, 4.69) is 48.1 Å². The fourth-order valence-electron chi connectivity index (χ4n) is 2.52. The first-order valence-electron chi connectivity index (χ1n) is 7.02. The van der Waals surface area contributed by atoms with Crippen LogP contribution < -0.4 is 5.32 Å². The molecule has 0 aliphatic heterocycles. The van der Waals surface area contributed by atoms with Crippen molar-refractivity contribution >= 4 is 11.0 Å². The summed E-state index contributed by atoms with van der Waals surface area (Å²) in [7, 11) is 4.22. The maximum absolute atomic E-state index is 4.62. The molecule has 0 saturated carbocycles. The van der Waals surface area contributed by atoms with E-state index in [4.69, 9.17) is 0 Å². The van der Waals surface area contributed by atoms with E-state index in [-0.39, 0.29) is 5.41 Å². The van der Waals surface area contributed by atoms with Crippen LogP contribution in [0.3, 0.4) is 0 Å². The fraction of sp³-hybridized carbons (Fsp3) is 0.500. The van der Waals surface area contributed by atoms with Crippen molar-refractivity contribution in [3.63, 3.8) is 0 Å². The third-order valence-corrected chi connectivity index (χ3v) is 3.15. The molecule has 2 aromatic rings. The Morgan fingerprint density at radius 2 is 1.85 bits per heavy atom. The van der Waals surface area contributed by atoms with Crippen LogP contribution >= 0.6 is 0 Å². The van der Waals surface area contributed by atoms with Crippen molar-refractivity contribution in [3.8, 4) is 0 Å². The maximum atomic E-state index is 4.62. The van der Waals surface area contributed by atoms with Crippen LogP contribution in [-0.2, 0) is 6.54 Å². The lowest BCUT2D eigenvalue weighted by atomic mass is 9.93. The Morgan fingerprint density at radius 3 is 2.55 bits per heavy atom. The van der Waals surface area contributed by atoms with Gasteiger partial charge in [0, 0.05) is 19.6 Å². The van der Waals surface area contributed by atoms with Crippen LogP contribution in [0.5, 0.6) is 0 Å². The van der Waals surface area contributed by atoms with Gasteiger partial charge in [0.25, 0.3) is 0 Å². The van der Waals surface area contributed by atoms with Crippen LogP contribution in [-0.4, -0.2) is 42.1 Å². The Hall–Kier alpha value is -1.52. The van der Waals surface area contributed by atoms with Gasteiger partial charge in [-0.05, 0) is 31.6 Å². The van der Waals surface area contributed by atoms with Gasteiger partial charge >= 0.3 is 0 Å². The van der Waals surface area contributed by atoms with Crippen molar-refractivity contribution in [2.75, 3.05) is 27.2 Å². The van der Waals surface area contributed by atoms with Crippen LogP contribution in [0.2, 0.25) is 0 Å². The molecule has 0 bridgehead atoms. The van der Waals surface area contributed by atoms with Crippen molar-refractivity contribution in [2.24, 2.45) is 5.41 Å². The van der Waals surface area contributed by atoms with E-state index in [1.807, 2.05) is 30.5 Å². The standard InChI is InChI=1S/C16H24N4/c1-16(2,12-20(3)4)11-17-9-13-10-18-14-7-5-6-8-15(14)19-13/h5-8,10,17H,9,11-12H2,1-4H3. The first kappa shape index (κ1) is 14.9. The van der Waals surface area contributed by atoms with Crippen molar-refractivity contribution in [2.45, 2.75) is 20.4 Å². The van der Waals surface area contributed by atoms with Gasteiger partial charge in [0.1, 0.15) is 0 Å². The molecule has 0 aliphatic rings. The van der Waals surface area contributed by atoms with Crippen molar-refractivity contribution in [3.05, 3.63) is 36.2 Å². The Kier molecular flexibility index (Phi) is 4.68. The first-order valence-corrected chi connectivity index (χ1v) is 7.02. The molecular weight excluding hydrogens is 248 g/mol. The second kappa shape index (κ2) is 6.29. The van der Waals surface area contributed by atoms with Gasteiger partial charge in [-0.25, -0.2) is 4.98 Å². The number of hydrogen-bond donors (Lipinski definition) is 1. The maximum Gasteiger partial charge on any atom is 0.0890 e. The summed E-state index contributed by atoms with van der Waals surface area (Å²) < 4.78 is 0. The van der Waals surface area contributed by atoms with E-state index in [1.165, 1.54) is 0 Å². The number of nitrogens with zero attached hydrogens (tertiary/aromatic N) is 3. The van der Waals surface area contributed by atoms with E-state index in [1.54, 1.807) is 0 Å². The Balaban J connectivity index is 1.92. The molecule has 1 aromatic carbocycles. The second-order valence-corrected chi connectivity index (χ2v) is 6.36. The van der Waals surface area contributed by atoms with Crippen LogP contribution in [0.25, 0.3) is 11.0 Å². The van der Waals surface area contributed by atoms with Crippen molar-refractivity contribution < 1.29 is 0 Å². The number of hydrogen-bond acceptors (Lipinski definition) is 4. The summed E-state index contributed by atoms with van der Waals surface area (Å²) in [6, 6.07) is 7.97. The minimum absolute atomic E-state index is 0.244. The molecule has 108 valence electrons. The average molecular weight is 272 g/mol. The van der Waals surface area contributed by atoms with E-state index in [0.717, 1.165) is 36.4 Å². The summed E-state index contributed by atoms with van der Waals surface area (Å²) in [4.78, 5) is 11.3. The molecule has 0 unspecified atom stereocenters. The van der Waals surface area contributed by atoms with Crippen LogP contribution in [0, 0.1) is 5.41 Å². The second-order valence-electron chi connectivity index (χ2n) is 6.36. The summed E-state index contributed by atoms with van der Waals surface area (Å²) in [6.45, 7) is 7.32. The molecule has 1 N–H and O–H groups in total. The topological polar surface area (TPSA) is 41.0 Å². The lowest BCUT2D eigenvalue weighted by molar-refractivity contribution is 0.232. The third-order valence-electron chi connectivity index (χ3n) is 3.15. The number of nitrogens with one attached hydrogen (secondary N) is 1. The van der Waals surface area contributed by atoms with Gasteiger partial charge in [-0.15, -0.1) is 0 Å². The van der Waals surface area contributed by atoms with Gasteiger partial charge in [0.15, 0.2) is 0 Å². The number of aromatic nitrogens is 2. The van der Waals surface area contributed by atoms with Crippen molar-refractivity contribution in [1.82, 2.24) is 20.2 Å². The van der Waals surface area contributed by atoms with Gasteiger partial charge in [-0.1, -0.05) is 26.0 Å². The molecule has 4 heteroatoms. The smallest absolute Gasteiger partial charge is 0.0890 e. The minimum Gasteiger partial charge on any atom is -0.311 e. The zero-order valence-corrected chi connectivity index (χ0v) is 12.8. The zero-order chi connectivity index (χ0) is 14.6. The highest BCUT2D eigenvalue weighted by Gasteiger charge is 2.18. The van der Waals surface area contributed by atoms with Crippen LogP contribution in [0.1, 0.15) is 19.5 Å². The fourth-order valence-corrected chi connectivity index (χ4v) is 2.52. The minimum atomic E-state index is 0.244. The number of rotatable bonds is 6. The zero-order valence-electron chi connectivity index (χ0n) is 12.8. The Labute approximate surface area is 121 Å². The highest BCUT2D eigenvalue weighted by Crippen LogP contribution is 2.14. The number of para-hydroxylation sites is 2. The molecule has 4 nitrogen and oxygen atoms in total. The number of benzene rings is 1. The normalized spacial score (nSPS) is 12.2. The molecule has 2 rings (SSSR count).